The Labute approximate surface area is 262 Å². The lowest BCUT2D eigenvalue weighted by atomic mass is 9.96. The SMILES string of the molecule is CO[C@H]1O[C@H](CO[C@@H]2O[C@H](COC(C)=O)[C@@H](OC(C)=O)[C@H](OC(C)=O)[C@H]2NC(=O)OCC(Cl)(Cl)Cl)[C@@H](O)[C@H](OC)[C@H]1OC. The topological polar surface area (TPSA) is 193 Å². The van der Waals surface area contributed by atoms with Crippen molar-refractivity contribution in [2.75, 3.05) is 41.2 Å². The van der Waals surface area contributed by atoms with Crippen LogP contribution in [0, 0.1) is 0 Å². The predicted octanol–water partition coefficient (Wildman–Crippen LogP) is 0.382. The molecule has 2 aliphatic heterocycles. The summed E-state index contributed by atoms with van der Waals surface area (Å²) in [6, 6.07) is -1.44. The number of methoxy groups -OCH3 is 3. The van der Waals surface area contributed by atoms with Gasteiger partial charge in [-0.15, -0.1) is 0 Å². The fourth-order valence-electron chi connectivity index (χ4n) is 4.45. The molecule has 0 aromatic heterocycles. The van der Waals surface area contributed by atoms with Gasteiger partial charge in [-0.3, -0.25) is 14.4 Å². The van der Waals surface area contributed by atoms with Crippen LogP contribution < -0.4 is 5.32 Å². The fraction of sp³-hybridized carbons (Fsp3) is 0.833. The van der Waals surface area contributed by atoms with E-state index in [9.17, 15) is 24.3 Å². The van der Waals surface area contributed by atoms with E-state index in [2.05, 4.69) is 5.32 Å². The molecule has 2 heterocycles. The molecule has 16 nitrogen and oxygen atoms in total. The summed E-state index contributed by atoms with van der Waals surface area (Å²) >= 11 is 17.0. The van der Waals surface area contributed by atoms with Gasteiger partial charge in [0.1, 0.15) is 49.8 Å². The van der Waals surface area contributed by atoms with Gasteiger partial charge in [-0.05, 0) is 0 Å². The van der Waals surface area contributed by atoms with Crippen LogP contribution >= 0.6 is 34.8 Å². The summed E-state index contributed by atoms with van der Waals surface area (Å²) in [6.45, 7) is 1.76. The molecule has 0 aromatic carbocycles. The van der Waals surface area contributed by atoms with Crippen LogP contribution in [0.15, 0.2) is 0 Å². The Balaban J connectivity index is 2.42. The van der Waals surface area contributed by atoms with Crippen LogP contribution in [0.5, 0.6) is 0 Å². The quantitative estimate of drug-likeness (QED) is 0.163. The number of carbonyl (C=O) groups is 4. The third-order valence-corrected chi connectivity index (χ3v) is 6.50. The largest absolute Gasteiger partial charge is 0.463 e. The number of nitrogens with one attached hydrogen (secondary N) is 1. The second kappa shape index (κ2) is 17.1. The van der Waals surface area contributed by atoms with E-state index in [0.717, 1.165) is 20.8 Å². The molecule has 19 heteroatoms. The highest BCUT2D eigenvalue weighted by Gasteiger charge is 2.53. The number of halogens is 3. The van der Waals surface area contributed by atoms with Gasteiger partial charge in [0.05, 0.1) is 6.61 Å². The normalized spacial score (nSPS) is 32.8. The van der Waals surface area contributed by atoms with Crippen LogP contribution in [-0.2, 0) is 61.8 Å². The molecule has 2 aliphatic rings. The standard InChI is InChI=1S/C24H36Cl3NO15/c1-10(29)37-8-14-17(40-11(2)30)18(41-12(3)31)15(28-23(33)39-9-24(25,26)27)21(43-14)38-7-13-16(32)19(34-4)20(35-5)22(36-6)42-13/h13-22,32H,7-9H2,1-6H3,(H,28,33)/t13-,14-,15-,16-,17-,18-,19+,20-,21-,22+/m1/s1. The first-order chi connectivity index (χ1) is 20.1. The third-order valence-electron chi connectivity index (χ3n) is 6.17. The first kappa shape index (κ1) is 37.5. The predicted molar refractivity (Wildman–Crippen MR) is 144 cm³/mol. The van der Waals surface area contributed by atoms with Gasteiger partial charge < -0.3 is 57.8 Å². The zero-order chi connectivity index (χ0) is 32.5. The monoisotopic (exact) mass is 683 g/mol. The molecule has 0 bridgehead atoms. The molecule has 248 valence electrons. The summed E-state index contributed by atoms with van der Waals surface area (Å²) in [4.78, 5) is 48.4. The van der Waals surface area contributed by atoms with E-state index in [1.165, 1.54) is 21.3 Å². The summed E-state index contributed by atoms with van der Waals surface area (Å²) in [5.74, 6) is -2.33. The molecule has 2 rings (SSSR count). The van der Waals surface area contributed by atoms with Crippen LogP contribution in [-0.4, -0.2) is 135 Å². The number of alkyl carbamates (subject to hydrolysis) is 1. The molecule has 0 radical (unpaired) electrons. The lowest BCUT2D eigenvalue weighted by Crippen LogP contribution is -2.67. The Morgan fingerprint density at radius 3 is 1.84 bits per heavy atom. The molecule has 0 spiro atoms. The van der Waals surface area contributed by atoms with Crippen molar-refractivity contribution < 1.29 is 71.7 Å². The van der Waals surface area contributed by atoms with E-state index < -0.39 is 109 Å². The lowest BCUT2D eigenvalue weighted by Gasteiger charge is -2.46. The Morgan fingerprint density at radius 1 is 0.744 bits per heavy atom. The van der Waals surface area contributed by atoms with E-state index in [0.29, 0.717) is 0 Å². The number of amides is 1. The van der Waals surface area contributed by atoms with Gasteiger partial charge in [-0.25, -0.2) is 4.79 Å². The summed E-state index contributed by atoms with van der Waals surface area (Å²) in [6.07, 6.45) is -11.9. The summed E-state index contributed by atoms with van der Waals surface area (Å²) in [7, 11) is 4.12. The molecule has 0 unspecified atom stereocenters. The minimum atomic E-state index is -1.95. The zero-order valence-corrected chi connectivity index (χ0v) is 26.5. The number of hydrogen-bond acceptors (Lipinski definition) is 15. The molecular formula is C24H36Cl3NO15. The third kappa shape index (κ3) is 11.3. The second-order valence-electron chi connectivity index (χ2n) is 9.36. The maximum absolute atomic E-state index is 12.7. The van der Waals surface area contributed by atoms with Crippen molar-refractivity contribution in [3.8, 4) is 0 Å². The number of esters is 3. The molecule has 2 saturated heterocycles. The van der Waals surface area contributed by atoms with Crippen molar-refractivity contribution in [3.63, 3.8) is 0 Å². The number of alkyl halides is 3. The average molecular weight is 685 g/mol. The first-order valence-corrected chi connectivity index (χ1v) is 13.9. The number of carbonyl (C=O) groups excluding carboxylic acids is 4. The van der Waals surface area contributed by atoms with Gasteiger partial charge in [0.2, 0.25) is 3.79 Å². The van der Waals surface area contributed by atoms with Crippen LogP contribution in [0.4, 0.5) is 4.79 Å². The molecule has 1 amide bonds. The van der Waals surface area contributed by atoms with Crippen molar-refractivity contribution in [2.45, 2.75) is 85.9 Å². The summed E-state index contributed by atoms with van der Waals surface area (Å²) in [5.41, 5.74) is 0. The van der Waals surface area contributed by atoms with Crippen molar-refractivity contribution in [2.24, 2.45) is 0 Å². The Morgan fingerprint density at radius 2 is 1.33 bits per heavy atom. The smallest absolute Gasteiger partial charge is 0.407 e. The Hall–Kier alpha value is -1.73. The second-order valence-corrected chi connectivity index (χ2v) is 11.9. The highest BCUT2D eigenvalue weighted by atomic mass is 35.6. The van der Waals surface area contributed by atoms with Gasteiger partial charge in [-0.2, -0.15) is 0 Å². The number of aliphatic hydroxyl groups excluding tert-OH is 1. The van der Waals surface area contributed by atoms with Crippen LogP contribution in [0.2, 0.25) is 0 Å². The van der Waals surface area contributed by atoms with E-state index in [1.807, 2.05) is 0 Å². The number of aliphatic hydroxyl groups is 1. The Kier molecular flexibility index (Phi) is 14.9. The van der Waals surface area contributed by atoms with Gasteiger partial charge in [-0.1, -0.05) is 34.8 Å². The highest BCUT2D eigenvalue weighted by Crippen LogP contribution is 2.31. The lowest BCUT2D eigenvalue weighted by molar-refractivity contribution is -0.322. The molecule has 10 atom stereocenters. The zero-order valence-electron chi connectivity index (χ0n) is 24.2. The van der Waals surface area contributed by atoms with E-state index >= 15 is 0 Å². The summed E-state index contributed by atoms with van der Waals surface area (Å²) < 4.78 is 52.6. The Bertz CT molecular complexity index is 953. The average Bonchev–Trinajstić information content (AvgIpc) is 2.91. The number of rotatable bonds is 12. The maximum Gasteiger partial charge on any atom is 0.407 e. The molecule has 0 aromatic rings. The van der Waals surface area contributed by atoms with Crippen molar-refractivity contribution >= 4 is 58.8 Å². The highest BCUT2D eigenvalue weighted by molar-refractivity contribution is 6.67. The van der Waals surface area contributed by atoms with E-state index in [-0.39, 0.29) is 0 Å². The van der Waals surface area contributed by atoms with Gasteiger partial charge >= 0.3 is 24.0 Å². The number of hydrogen-bond donors (Lipinski definition) is 2. The van der Waals surface area contributed by atoms with Crippen molar-refractivity contribution in [1.29, 1.82) is 0 Å². The van der Waals surface area contributed by atoms with Crippen LogP contribution in [0.1, 0.15) is 20.8 Å². The summed E-state index contributed by atoms with van der Waals surface area (Å²) in [5, 5.41) is 13.3. The molecule has 0 saturated carbocycles. The van der Waals surface area contributed by atoms with Crippen molar-refractivity contribution in [3.05, 3.63) is 0 Å². The first-order valence-electron chi connectivity index (χ1n) is 12.8. The number of ether oxygens (including phenoxy) is 10. The molecule has 2 fully saturated rings. The van der Waals surface area contributed by atoms with Crippen LogP contribution in [0.25, 0.3) is 0 Å². The molecule has 0 aliphatic carbocycles. The van der Waals surface area contributed by atoms with Gasteiger partial charge in [0.15, 0.2) is 24.8 Å². The van der Waals surface area contributed by atoms with Crippen molar-refractivity contribution in [1.82, 2.24) is 5.32 Å². The minimum Gasteiger partial charge on any atom is -0.463 e. The fourth-order valence-corrected chi connectivity index (χ4v) is 4.61. The van der Waals surface area contributed by atoms with Crippen LogP contribution in [0.3, 0.4) is 0 Å². The van der Waals surface area contributed by atoms with E-state index in [1.54, 1.807) is 0 Å². The van der Waals surface area contributed by atoms with Gasteiger partial charge in [0, 0.05) is 42.1 Å². The molecule has 2 N–H and O–H groups in total. The van der Waals surface area contributed by atoms with Gasteiger partial charge in [0.25, 0.3) is 0 Å². The van der Waals surface area contributed by atoms with E-state index in [4.69, 9.17) is 82.2 Å². The molecule has 43 heavy (non-hydrogen) atoms. The molecular weight excluding hydrogens is 649 g/mol. The minimum absolute atomic E-state index is 0.408. The maximum atomic E-state index is 12.7.